The van der Waals surface area contributed by atoms with Crippen molar-refractivity contribution in [3.8, 4) is 0 Å². The first kappa shape index (κ1) is 13.8. The number of nitrogens with one attached hydrogen (secondary N) is 1. The van der Waals surface area contributed by atoms with E-state index in [0.717, 1.165) is 15.1 Å². The van der Waals surface area contributed by atoms with E-state index in [1.165, 1.54) is 23.3 Å². The quantitative estimate of drug-likeness (QED) is 0.846. The van der Waals surface area contributed by atoms with E-state index in [0.29, 0.717) is 17.8 Å². The van der Waals surface area contributed by atoms with Crippen molar-refractivity contribution in [1.82, 2.24) is 14.7 Å². The Kier molecular flexibility index (Phi) is 4.39. The highest BCUT2D eigenvalue weighted by Crippen LogP contribution is 2.32. The van der Waals surface area contributed by atoms with E-state index >= 15 is 0 Å². The molecule has 0 saturated carbocycles. The lowest BCUT2D eigenvalue weighted by atomic mass is 10.2. The van der Waals surface area contributed by atoms with Crippen LogP contribution in [0.3, 0.4) is 0 Å². The zero-order valence-electron chi connectivity index (χ0n) is 10.6. The number of rotatable bonds is 4. The van der Waals surface area contributed by atoms with Gasteiger partial charge in [-0.3, -0.25) is 4.79 Å². The summed E-state index contributed by atoms with van der Waals surface area (Å²) in [5.74, 6) is 0.627. The molecule has 0 bridgehead atoms. The smallest absolute Gasteiger partial charge is 0.252 e. The molecule has 7 heteroatoms. The summed E-state index contributed by atoms with van der Waals surface area (Å²) >= 11 is 2.72. The number of aryl methyl sites for hydroxylation is 1. The maximum Gasteiger partial charge on any atom is 0.252 e. The third-order valence-corrected chi connectivity index (χ3v) is 4.19. The minimum Gasteiger partial charge on any atom is -0.399 e. The average molecular weight is 294 g/mol. The van der Waals surface area contributed by atoms with Crippen LogP contribution in [0.4, 0.5) is 5.69 Å². The molecule has 0 unspecified atom stereocenters. The predicted molar refractivity (Wildman–Crippen MR) is 77.6 cm³/mol. The van der Waals surface area contributed by atoms with Gasteiger partial charge in [-0.2, -0.15) is 4.37 Å². The minimum atomic E-state index is -0.105. The second-order valence-electron chi connectivity index (χ2n) is 3.82. The number of anilines is 1. The van der Waals surface area contributed by atoms with Crippen LogP contribution in [-0.2, 0) is 0 Å². The molecule has 0 saturated heterocycles. The predicted octanol–water partition coefficient (Wildman–Crippen LogP) is 2.33. The van der Waals surface area contributed by atoms with Crippen LogP contribution >= 0.6 is 23.3 Å². The monoisotopic (exact) mass is 294 g/mol. The standard InChI is InChI=1S/C12H14N4OS2/c1-3-14-11(17)9-5-4-8(13)6-10(9)18-12-15-7(2)16-19-12/h4-6H,3,13H2,1-2H3,(H,14,17). The summed E-state index contributed by atoms with van der Waals surface area (Å²) in [6, 6.07) is 5.24. The maximum absolute atomic E-state index is 12.0. The Hall–Kier alpha value is -1.60. The highest BCUT2D eigenvalue weighted by atomic mass is 32.2. The van der Waals surface area contributed by atoms with Crippen LogP contribution < -0.4 is 11.1 Å². The van der Waals surface area contributed by atoms with E-state index < -0.39 is 0 Å². The number of carbonyl (C=O) groups excluding carboxylic acids is 1. The van der Waals surface area contributed by atoms with E-state index in [9.17, 15) is 4.79 Å². The lowest BCUT2D eigenvalue weighted by molar-refractivity contribution is 0.0953. The van der Waals surface area contributed by atoms with Crippen molar-refractivity contribution >= 4 is 34.9 Å². The van der Waals surface area contributed by atoms with Crippen LogP contribution in [0.1, 0.15) is 23.1 Å². The number of aromatic nitrogens is 2. The van der Waals surface area contributed by atoms with Gasteiger partial charge in [0, 0.05) is 17.1 Å². The molecule has 1 aromatic carbocycles. The van der Waals surface area contributed by atoms with E-state index in [-0.39, 0.29) is 5.91 Å². The highest BCUT2D eigenvalue weighted by Gasteiger charge is 2.14. The molecule has 0 atom stereocenters. The van der Waals surface area contributed by atoms with E-state index in [2.05, 4.69) is 14.7 Å². The molecule has 3 N–H and O–H groups in total. The summed E-state index contributed by atoms with van der Waals surface area (Å²) in [7, 11) is 0. The van der Waals surface area contributed by atoms with Gasteiger partial charge in [0.1, 0.15) is 5.82 Å². The molecule has 0 aliphatic rings. The molecule has 2 rings (SSSR count). The molecule has 0 spiro atoms. The molecular weight excluding hydrogens is 280 g/mol. The van der Waals surface area contributed by atoms with Gasteiger partial charge in [0.05, 0.1) is 5.56 Å². The molecule has 0 fully saturated rings. The number of hydrogen-bond donors (Lipinski definition) is 2. The van der Waals surface area contributed by atoms with Crippen molar-refractivity contribution in [3.63, 3.8) is 0 Å². The van der Waals surface area contributed by atoms with Gasteiger partial charge in [-0.15, -0.1) is 0 Å². The third-order valence-electron chi connectivity index (χ3n) is 2.29. The summed E-state index contributed by atoms with van der Waals surface area (Å²) in [5, 5.41) is 2.79. The van der Waals surface area contributed by atoms with E-state index in [4.69, 9.17) is 5.73 Å². The molecule has 19 heavy (non-hydrogen) atoms. The van der Waals surface area contributed by atoms with Crippen LogP contribution in [0.15, 0.2) is 27.4 Å². The molecule has 1 amide bonds. The number of hydrogen-bond acceptors (Lipinski definition) is 6. The Labute approximate surface area is 119 Å². The van der Waals surface area contributed by atoms with Gasteiger partial charge in [-0.25, -0.2) is 4.98 Å². The van der Waals surface area contributed by atoms with Crippen molar-refractivity contribution in [3.05, 3.63) is 29.6 Å². The van der Waals surface area contributed by atoms with Gasteiger partial charge in [-0.05, 0) is 43.6 Å². The fourth-order valence-corrected chi connectivity index (χ4v) is 3.27. The Morgan fingerprint density at radius 1 is 1.53 bits per heavy atom. The Morgan fingerprint density at radius 2 is 2.32 bits per heavy atom. The molecule has 0 radical (unpaired) electrons. The van der Waals surface area contributed by atoms with Crippen LogP contribution in [0, 0.1) is 6.92 Å². The van der Waals surface area contributed by atoms with Crippen molar-refractivity contribution in [2.75, 3.05) is 12.3 Å². The van der Waals surface area contributed by atoms with E-state index in [1.54, 1.807) is 18.2 Å². The first-order valence-corrected chi connectivity index (χ1v) is 7.35. The topological polar surface area (TPSA) is 80.9 Å². The lowest BCUT2D eigenvalue weighted by Gasteiger charge is -2.08. The van der Waals surface area contributed by atoms with Gasteiger partial charge >= 0.3 is 0 Å². The number of amides is 1. The Morgan fingerprint density at radius 3 is 2.95 bits per heavy atom. The molecule has 100 valence electrons. The molecule has 1 aromatic heterocycles. The number of nitrogen functional groups attached to an aromatic ring is 1. The summed E-state index contributed by atoms with van der Waals surface area (Å²) in [6.45, 7) is 4.31. The lowest BCUT2D eigenvalue weighted by Crippen LogP contribution is -2.23. The second-order valence-corrected chi connectivity index (χ2v) is 5.87. The molecule has 1 heterocycles. The summed E-state index contributed by atoms with van der Waals surface area (Å²) in [4.78, 5) is 17.0. The molecule has 5 nitrogen and oxygen atoms in total. The van der Waals surface area contributed by atoms with Crippen LogP contribution in [0.25, 0.3) is 0 Å². The van der Waals surface area contributed by atoms with Crippen molar-refractivity contribution < 1.29 is 4.79 Å². The van der Waals surface area contributed by atoms with E-state index in [1.807, 2.05) is 13.8 Å². The largest absolute Gasteiger partial charge is 0.399 e. The van der Waals surface area contributed by atoms with Gasteiger partial charge in [0.15, 0.2) is 4.34 Å². The molecule has 0 aliphatic carbocycles. The first-order valence-electron chi connectivity index (χ1n) is 5.76. The molecule has 0 aliphatic heterocycles. The summed E-state index contributed by atoms with van der Waals surface area (Å²) in [6.07, 6.45) is 0. The zero-order valence-corrected chi connectivity index (χ0v) is 12.3. The zero-order chi connectivity index (χ0) is 13.8. The summed E-state index contributed by atoms with van der Waals surface area (Å²) in [5.41, 5.74) is 7.01. The fourth-order valence-electron chi connectivity index (χ4n) is 1.48. The number of nitrogens with zero attached hydrogens (tertiary/aromatic N) is 2. The normalized spacial score (nSPS) is 10.4. The fraction of sp³-hybridized carbons (Fsp3) is 0.250. The van der Waals surface area contributed by atoms with Gasteiger partial charge in [-0.1, -0.05) is 11.8 Å². The van der Waals surface area contributed by atoms with Gasteiger partial charge in [0.25, 0.3) is 5.91 Å². The average Bonchev–Trinajstić information content (AvgIpc) is 2.75. The van der Waals surface area contributed by atoms with Crippen molar-refractivity contribution in [1.29, 1.82) is 0 Å². The first-order chi connectivity index (χ1) is 9.10. The van der Waals surface area contributed by atoms with Crippen LogP contribution in [0.2, 0.25) is 0 Å². The van der Waals surface area contributed by atoms with Crippen molar-refractivity contribution in [2.24, 2.45) is 0 Å². The van der Waals surface area contributed by atoms with Gasteiger partial charge < -0.3 is 11.1 Å². The molecule has 2 aromatic rings. The van der Waals surface area contributed by atoms with Crippen LogP contribution in [0.5, 0.6) is 0 Å². The Balaban J connectivity index is 2.31. The second kappa shape index (κ2) is 6.03. The number of carbonyl (C=O) groups is 1. The number of nitrogens with two attached hydrogens (primary N) is 1. The Bertz CT molecular complexity index is 597. The minimum absolute atomic E-state index is 0.105. The highest BCUT2D eigenvalue weighted by molar-refractivity contribution is 8.01. The van der Waals surface area contributed by atoms with Gasteiger partial charge in [0.2, 0.25) is 0 Å². The number of benzene rings is 1. The van der Waals surface area contributed by atoms with Crippen LogP contribution in [-0.4, -0.2) is 21.8 Å². The SMILES string of the molecule is CCNC(=O)c1ccc(N)cc1Sc1nc(C)ns1. The maximum atomic E-state index is 12.0. The molecular formula is C12H14N4OS2. The third kappa shape index (κ3) is 3.45. The van der Waals surface area contributed by atoms with Crippen molar-refractivity contribution in [2.45, 2.75) is 23.1 Å². The summed E-state index contributed by atoms with van der Waals surface area (Å²) < 4.78 is 4.92.